The molecule has 3 saturated carbocycles. The molecule has 0 aromatic carbocycles. The van der Waals surface area contributed by atoms with E-state index < -0.39 is 0 Å². The Morgan fingerprint density at radius 2 is 1.71 bits per heavy atom. The van der Waals surface area contributed by atoms with E-state index >= 15 is 0 Å². The molecule has 0 aromatic rings. The highest BCUT2D eigenvalue weighted by Crippen LogP contribution is 2.66. The van der Waals surface area contributed by atoms with Gasteiger partial charge in [-0.1, -0.05) is 53.2 Å². The molecule has 1 nitrogen and oxygen atoms in total. The fourth-order valence-corrected chi connectivity index (χ4v) is 7.30. The molecule has 0 bridgehead atoms. The SMILES string of the molecule is CC.CC1C=C2CCC3C(CCC4(C)C(N)C(C)CC34)C2(C)CC1. The number of hydrogen-bond acceptors (Lipinski definition) is 1. The van der Waals surface area contributed by atoms with Crippen LogP contribution in [0.2, 0.25) is 0 Å². The summed E-state index contributed by atoms with van der Waals surface area (Å²) in [5, 5.41) is 0. The van der Waals surface area contributed by atoms with E-state index in [0.717, 1.165) is 29.6 Å². The second-order valence-electron chi connectivity index (χ2n) is 9.82. The van der Waals surface area contributed by atoms with Crippen molar-refractivity contribution < 1.29 is 0 Å². The lowest BCUT2D eigenvalue weighted by Gasteiger charge is -2.58. The Balaban J connectivity index is 0.000000815. The number of nitrogens with two attached hydrogens (primary N) is 1. The van der Waals surface area contributed by atoms with Crippen LogP contribution >= 0.6 is 0 Å². The first-order valence-electron chi connectivity index (χ1n) is 10.8. The van der Waals surface area contributed by atoms with Crippen LogP contribution in [0.25, 0.3) is 0 Å². The predicted octanol–water partition coefficient (Wildman–Crippen LogP) is 6.18. The van der Waals surface area contributed by atoms with E-state index in [2.05, 4.69) is 33.8 Å². The van der Waals surface area contributed by atoms with E-state index in [9.17, 15) is 0 Å². The van der Waals surface area contributed by atoms with Crippen molar-refractivity contribution in [3.05, 3.63) is 11.6 Å². The molecule has 4 aliphatic carbocycles. The zero-order chi connectivity index (χ0) is 17.7. The molecule has 24 heavy (non-hydrogen) atoms. The van der Waals surface area contributed by atoms with Gasteiger partial charge in [0.05, 0.1) is 0 Å². The van der Waals surface area contributed by atoms with E-state index in [1.54, 1.807) is 0 Å². The number of hydrogen-bond donors (Lipinski definition) is 1. The van der Waals surface area contributed by atoms with E-state index in [1.807, 2.05) is 19.4 Å². The molecule has 0 aliphatic heterocycles. The molecule has 1 heteroatoms. The third-order valence-corrected chi connectivity index (χ3v) is 8.78. The maximum absolute atomic E-state index is 6.66. The Morgan fingerprint density at radius 3 is 2.42 bits per heavy atom. The molecule has 0 heterocycles. The van der Waals surface area contributed by atoms with Crippen molar-refractivity contribution in [3.8, 4) is 0 Å². The normalized spacial score (nSPS) is 53.0. The average Bonchev–Trinajstić information content (AvgIpc) is 2.81. The maximum atomic E-state index is 6.66. The van der Waals surface area contributed by atoms with Gasteiger partial charge in [-0.3, -0.25) is 0 Å². The molecule has 0 aromatic heterocycles. The first-order chi connectivity index (χ1) is 11.4. The van der Waals surface area contributed by atoms with E-state index in [-0.39, 0.29) is 0 Å². The Hall–Kier alpha value is -0.300. The van der Waals surface area contributed by atoms with Crippen molar-refractivity contribution in [2.24, 2.45) is 46.2 Å². The van der Waals surface area contributed by atoms with Gasteiger partial charge in [-0.05, 0) is 85.4 Å². The molecule has 0 radical (unpaired) electrons. The quantitative estimate of drug-likeness (QED) is 0.527. The summed E-state index contributed by atoms with van der Waals surface area (Å²) in [6.45, 7) is 14.0. The monoisotopic (exact) mass is 331 g/mol. The second-order valence-corrected chi connectivity index (χ2v) is 9.82. The summed E-state index contributed by atoms with van der Waals surface area (Å²) in [5.41, 5.74) is 9.44. The van der Waals surface area contributed by atoms with Crippen LogP contribution in [-0.4, -0.2) is 6.04 Å². The van der Waals surface area contributed by atoms with Crippen molar-refractivity contribution in [3.63, 3.8) is 0 Å². The first-order valence-corrected chi connectivity index (χ1v) is 10.8. The van der Waals surface area contributed by atoms with E-state index in [4.69, 9.17) is 5.73 Å². The van der Waals surface area contributed by atoms with Gasteiger partial charge in [0.1, 0.15) is 0 Å². The van der Waals surface area contributed by atoms with Crippen molar-refractivity contribution in [1.82, 2.24) is 0 Å². The highest BCUT2D eigenvalue weighted by Gasteiger charge is 2.59. The number of fused-ring (bicyclic) bond motifs is 5. The van der Waals surface area contributed by atoms with Gasteiger partial charge in [0.25, 0.3) is 0 Å². The summed E-state index contributed by atoms with van der Waals surface area (Å²) >= 11 is 0. The van der Waals surface area contributed by atoms with Gasteiger partial charge in [-0.15, -0.1) is 0 Å². The van der Waals surface area contributed by atoms with Crippen LogP contribution in [0.5, 0.6) is 0 Å². The fraction of sp³-hybridized carbons (Fsp3) is 0.913. The van der Waals surface area contributed by atoms with Gasteiger partial charge >= 0.3 is 0 Å². The Kier molecular flexibility index (Phi) is 4.97. The Morgan fingerprint density at radius 1 is 1.00 bits per heavy atom. The van der Waals surface area contributed by atoms with Gasteiger partial charge in [0, 0.05) is 6.04 Å². The fourth-order valence-electron chi connectivity index (χ4n) is 7.30. The van der Waals surface area contributed by atoms with Crippen molar-refractivity contribution in [2.75, 3.05) is 0 Å². The highest BCUT2D eigenvalue weighted by molar-refractivity contribution is 5.25. The second kappa shape index (κ2) is 6.45. The minimum absolute atomic E-state index is 0.431. The van der Waals surface area contributed by atoms with Gasteiger partial charge in [-0.2, -0.15) is 0 Å². The smallest absolute Gasteiger partial charge is 0.0122 e. The topological polar surface area (TPSA) is 26.0 Å². The van der Waals surface area contributed by atoms with Crippen molar-refractivity contribution in [1.29, 1.82) is 0 Å². The van der Waals surface area contributed by atoms with Crippen molar-refractivity contribution >= 4 is 0 Å². The molecule has 3 fully saturated rings. The summed E-state index contributed by atoms with van der Waals surface area (Å²) in [5.74, 6) is 4.33. The van der Waals surface area contributed by atoms with E-state index in [1.165, 1.54) is 44.9 Å². The lowest BCUT2D eigenvalue weighted by atomic mass is 9.47. The molecule has 8 unspecified atom stereocenters. The molecule has 0 saturated heterocycles. The van der Waals surface area contributed by atoms with Crippen LogP contribution in [0.1, 0.15) is 86.5 Å². The molecular formula is C23H41N. The standard InChI is InChI=1S/C21H35N.C2H6/c1-13-7-9-20(3)15(11-13)5-6-16-17(20)8-10-21(4)18(16)12-14(2)19(21)22;1-2/h11,13-14,16-19H,5-10,12,22H2,1-4H3;1-2H3. The third kappa shape index (κ3) is 2.52. The summed E-state index contributed by atoms with van der Waals surface area (Å²) in [7, 11) is 0. The van der Waals surface area contributed by atoms with Crippen LogP contribution in [0.3, 0.4) is 0 Å². The third-order valence-electron chi connectivity index (χ3n) is 8.78. The van der Waals surface area contributed by atoms with Crippen LogP contribution in [0, 0.1) is 40.4 Å². The Labute approximate surface area is 150 Å². The van der Waals surface area contributed by atoms with Gasteiger partial charge in [0.15, 0.2) is 0 Å². The largest absolute Gasteiger partial charge is 0.327 e. The average molecular weight is 332 g/mol. The van der Waals surface area contributed by atoms with Gasteiger partial charge < -0.3 is 5.73 Å². The first kappa shape index (κ1) is 18.5. The lowest BCUT2D eigenvalue weighted by Crippen LogP contribution is -2.52. The molecule has 2 N–H and O–H groups in total. The van der Waals surface area contributed by atoms with Gasteiger partial charge in [-0.25, -0.2) is 0 Å². The highest BCUT2D eigenvalue weighted by atomic mass is 14.8. The lowest BCUT2D eigenvalue weighted by molar-refractivity contribution is -0.0422. The molecule has 0 amide bonds. The predicted molar refractivity (Wildman–Crippen MR) is 105 cm³/mol. The van der Waals surface area contributed by atoms with Crippen LogP contribution < -0.4 is 5.73 Å². The Bertz CT molecular complexity index is 494. The van der Waals surface area contributed by atoms with Crippen LogP contribution in [-0.2, 0) is 0 Å². The maximum Gasteiger partial charge on any atom is 0.0122 e. The number of allylic oxidation sites excluding steroid dienone is 2. The zero-order valence-electron chi connectivity index (χ0n) is 17.1. The van der Waals surface area contributed by atoms with Gasteiger partial charge in [0.2, 0.25) is 0 Å². The number of rotatable bonds is 0. The minimum atomic E-state index is 0.431. The van der Waals surface area contributed by atoms with Crippen LogP contribution in [0.15, 0.2) is 11.6 Å². The zero-order valence-corrected chi connectivity index (χ0v) is 17.1. The molecule has 8 atom stereocenters. The summed E-state index contributed by atoms with van der Waals surface area (Å²) in [4.78, 5) is 0. The molecule has 138 valence electrons. The molecule has 0 spiro atoms. The minimum Gasteiger partial charge on any atom is -0.327 e. The van der Waals surface area contributed by atoms with Crippen LogP contribution in [0.4, 0.5) is 0 Å². The van der Waals surface area contributed by atoms with Crippen molar-refractivity contribution in [2.45, 2.75) is 92.5 Å². The summed E-state index contributed by atoms with van der Waals surface area (Å²) in [6.07, 6.45) is 12.5. The summed E-state index contributed by atoms with van der Waals surface area (Å²) < 4.78 is 0. The summed E-state index contributed by atoms with van der Waals surface area (Å²) in [6, 6.07) is 0.439. The molecule has 4 rings (SSSR count). The molecule has 4 aliphatic rings. The molecular weight excluding hydrogens is 290 g/mol. The van der Waals surface area contributed by atoms with E-state index in [0.29, 0.717) is 16.9 Å².